The number of carbonyl (C=O) groups excluding carboxylic acids is 4. The van der Waals surface area contributed by atoms with Crippen molar-refractivity contribution in [2.75, 3.05) is 26.4 Å². The van der Waals surface area contributed by atoms with Crippen LogP contribution in [0.3, 0.4) is 0 Å². The molecule has 0 aromatic rings. The van der Waals surface area contributed by atoms with Crippen LogP contribution >= 0.6 is 0 Å². The van der Waals surface area contributed by atoms with E-state index in [0.717, 1.165) is 6.04 Å². The molecule has 0 N–H and O–H groups in total. The molecule has 0 saturated heterocycles. The highest BCUT2D eigenvalue weighted by molar-refractivity contribution is 6.80. The molecule has 0 heterocycles. The van der Waals surface area contributed by atoms with Crippen molar-refractivity contribution in [2.24, 2.45) is 22.7 Å². The van der Waals surface area contributed by atoms with Gasteiger partial charge >= 0.3 is 23.9 Å². The monoisotopic (exact) mass is 514 g/mol. The molecule has 1 fully saturated rings. The number of hydrogen-bond acceptors (Lipinski definition) is 8. The Kier molecular flexibility index (Phi) is 10.6. The van der Waals surface area contributed by atoms with Crippen LogP contribution in [-0.2, 0) is 38.1 Å². The van der Waals surface area contributed by atoms with E-state index in [1.54, 1.807) is 27.7 Å². The summed E-state index contributed by atoms with van der Waals surface area (Å²) in [6, 6.07) is 0.806. The standard InChI is InChI=1S/C26H46O8Si/c1-11-31-20(27)25(21(28)32-12-2)15-18(5)19(17-35(9,10)24(6,7)8)16-26(25,22(29)33-13-3)23(30)34-14-4/h18-19H,11-17H2,1-10H3/t18-,19+/m0/s1. The van der Waals surface area contributed by atoms with E-state index in [9.17, 15) is 19.2 Å². The second-order valence-electron chi connectivity index (χ2n) is 11.2. The van der Waals surface area contributed by atoms with E-state index in [4.69, 9.17) is 18.9 Å². The van der Waals surface area contributed by atoms with Gasteiger partial charge < -0.3 is 18.9 Å². The van der Waals surface area contributed by atoms with Crippen molar-refractivity contribution in [1.82, 2.24) is 0 Å². The Morgan fingerprint density at radius 1 is 0.714 bits per heavy atom. The largest absolute Gasteiger partial charge is 0.465 e. The summed E-state index contributed by atoms with van der Waals surface area (Å²) in [5.41, 5.74) is -4.39. The lowest BCUT2D eigenvalue weighted by molar-refractivity contribution is -0.213. The lowest BCUT2D eigenvalue weighted by atomic mass is 9.51. The molecular formula is C26H46O8Si. The molecule has 1 saturated carbocycles. The minimum atomic E-state index is -2.20. The fourth-order valence-corrected chi connectivity index (χ4v) is 7.51. The van der Waals surface area contributed by atoms with E-state index < -0.39 is 42.8 Å². The van der Waals surface area contributed by atoms with Crippen LogP contribution in [0.25, 0.3) is 0 Å². The van der Waals surface area contributed by atoms with Gasteiger partial charge in [0.25, 0.3) is 0 Å². The molecule has 0 unspecified atom stereocenters. The highest BCUT2D eigenvalue weighted by atomic mass is 28.3. The fourth-order valence-electron chi connectivity index (χ4n) is 5.04. The summed E-state index contributed by atoms with van der Waals surface area (Å²) in [6.07, 6.45) is -0.114. The van der Waals surface area contributed by atoms with Gasteiger partial charge in [-0.1, -0.05) is 46.8 Å². The van der Waals surface area contributed by atoms with Gasteiger partial charge in [0.2, 0.25) is 0 Å². The van der Waals surface area contributed by atoms with Crippen LogP contribution in [0, 0.1) is 22.7 Å². The van der Waals surface area contributed by atoms with Gasteiger partial charge in [-0.3, -0.25) is 19.2 Å². The Labute approximate surface area is 211 Å². The second-order valence-corrected chi connectivity index (χ2v) is 16.9. The van der Waals surface area contributed by atoms with Crippen LogP contribution in [0.15, 0.2) is 0 Å². The maximum atomic E-state index is 13.8. The SMILES string of the molecule is CCOC(=O)C1(C(=O)OCC)C[C@H](C[Si](C)(C)C(C)(C)C)[C@@H](C)CC1(C(=O)OCC)C(=O)OCC. The lowest BCUT2D eigenvalue weighted by Gasteiger charge is -2.52. The van der Waals surface area contributed by atoms with Crippen molar-refractivity contribution < 1.29 is 38.1 Å². The Balaban J connectivity index is 3.95. The smallest absolute Gasteiger partial charge is 0.325 e. The quantitative estimate of drug-likeness (QED) is 0.178. The molecule has 1 aliphatic rings. The van der Waals surface area contributed by atoms with E-state index in [-0.39, 0.29) is 56.1 Å². The molecule has 0 aromatic heterocycles. The summed E-state index contributed by atoms with van der Waals surface area (Å²) in [7, 11) is -1.87. The van der Waals surface area contributed by atoms with Gasteiger partial charge in [-0.2, -0.15) is 0 Å². The Morgan fingerprint density at radius 2 is 1.03 bits per heavy atom. The summed E-state index contributed by atoms with van der Waals surface area (Å²) >= 11 is 0. The summed E-state index contributed by atoms with van der Waals surface area (Å²) in [6.45, 7) is 19.5. The Hall–Kier alpha value is -1.90. The molecule has 0 radical (unpaired) electrons. The first kappa shape index (κ1) is 31.1. The summed E-state index contributed by atoms with van der Waals surface area (Å²) in [4.78, 5) is 54.8. The molecule has 2 atom stereocenters. The molecule has 1 rings (SSSR count). The van der Waals surface area contributed by atoms with Crippen LogP contribution in [0.5, 0.6) is 0 Å². The zero-order valence-corrected chi connectivity index (χ0v) is 24.4. The second kappa shape index (κ2) is 11.9. The summed E-state index contributed by atoms with van der Waals surface area (Å²) < 4.78 is 21.5. The van der Waals surface area contributed by atoms with Gasteiger partial charge in [0.1, 0.15) is 0 Å². The lowest BCUT2D eigenvalue weighted by Crippen LogP contribution is -2.66. The topological polar surface area (TPSA) is 105 Å². The first-order valence-corrected chi connectivity index (χ1v) is 16.0. The van der Waals surface area contributed by atoms with Gasteiger partial charge in [-0.25, -0.2) is 0 Å². The van der Waals surface area contributed by atoms with Gasteiger partial charge in [-0.05, 0) is 57.4 Å². The van der Waals surface area contributed by atoms with Gasteiger partial charge in [0.05, 0.1) is 34.5 Å². The Morgan fingerprint density at radius 3 is 1.31 bits per heavy atom. The highest BCUT2D eigenvalue weighted by Crippen LogP contribution is 2.59. The molecule has 202 valence electrons. The average Bonchev–Trinajstić information content (AvgIpc) is 2.74. The molecule has 0 spiro atoms. The van der Waals surface area contributed by atoms with Crippen LogP contribution in [0.1, 0.15) is 68.2 Å². The third-order valence-electron chi connectivity index (χ3n) is 8.03. The van der Waals surface area contributed by atoms with Crippen molar-refractivity contribution in [3.63, 3.8) is 0 Å². The normalized spacial score (nSPS) is 21.5. The molecule has 35 heavy (non-hydrogen) atoms. The van der Waals surface area contributed by atoms with Crippen LogP contribution in [0.4, 0.5) is 0 Å². The molecule has 0 aromatic carbocycles. The van der Waals surface area contributed by atoms with Crippen molar-refractivity contribution in [3.8, 4) is 0 Å². The Bertz CT molecular complexity index is 747. The van der Waals surface area contributed by atoms with Crippen LogP contribution in [-0.4, -0.2) is 58.4 Å². The molecule has 0 amide bonds. The van der Waals surface area contributed by atoms with Crippen molar-refractivity contribution >= 4 is 32.0 Å². The van der Waals surface area contributed by atoms with E-state index in [2.05, 4.69) is 33.9 Å². The fraction of sp³-hybridized carbons (Fsp3) is 0.846. The first-order valence-electron chi connectivity index (χ1n) is 12.8. The zero-order chi connectivity index (χ0) is 27.2. The molecule has 0 aliphatic heterocycles. The zero-order valence-electron chi connectivity index (χ0n) is 23.4. The maximum absolute atomic E-state index is 13.8. The highest BCUT2D eigenvalue weighted by Gasteiger charge is 2.76. The average molecular weight is 515 g/mol. The van der Waals surface area contributed by atoms with Gasteiger partial charge in [0.15, 0.2) is 10.8 Å². The van der Waals surface area contributed by atoms with E-state index in [0.29, 0.717) is 0 Å². The van der Waals surface area contributed by atoms with E-state index >= 15 is 0 Å². The number of rotatable bonds is 10. The summed E-state index contributed by atoms with van der Waals surface area (Å²) in [5, 5.41) is 0.0695. The first-order chi connectivity index (χ1) is 16.1. The van der Waals surface area contributed by atoms with E-state index in [1.165, 1.54) is 0 Å². The van der Waals surface area contributed by atoms with Crippen LogP contribution in [0.2, 0.25) is 24.2 Å². The predicted octanol–water partition coefficient (Wildman–Crippen LogP) is 4.77. The molecule has 9 heteroatoms. The maximum Gasteiger partial charge on any atom is 0.325 e. The number of ether oxygens (including phenoxy) is 4. The molecule has 0 bridgehead atoms. The molecule has 8 nitrogen and oxygen atoms in total. The minimum absolute atomic E-state index is 0.0236. The van der Waals surface area contributed by atoms with Crippen molar-refractivity contribution in [1.29, 1.82) is 0 Å². The van der Waals surface area contributed by atoms with Crippen molar-refractivity contribution in [3.05, 3.63) is 0 Å². The predicted molar refractivity (Wildman–Crippen MR) is 135 cm³/mol. The third-order valence-corrected chi connectivity index (χ3v) is 13.6. The van der Waals surface area contributed by atoms with E-state index in [1.807, 2.05) is 6.92 Å². The summed E-state index contributed by atoms with van der Waals surface area (Å²) in [5.74, 6) is -4.04. The minimum Gasteiger partial charge on any atom is -0.465 e. The van der Waals surface area contributed by atoms with Crippen LogP contribution < -0.4 is 0 Å². The number of esters is 4. The molecular weight excluding hydrogens is 468 g/mol. The van der Waals surface area contributed by atoms with Gasteiger partial charge in [0, 0.05) is 0 Å². The number of carbonyl (C=O) groups is 4. The van der Waals surface area contributed by atoms with Crippen molar-refractivity contribution in [2.45, 2.75) is 92.4 Å². The van der Waals surface area contributed by atoms with Gasteiger partial charge in [-0.15, -0.1) is 0 Å². The third kappa shape index (κ3) is 5.75. The molecule has 1 aliphatic carbocycles. The number of hydrogen-bond donors (Lipinski definition) is 0.